The molecule has 2 fully saturated rings. The monoisotopic (exact) mass is 361 g/mol. The fraction of sp³-hybridized carbons (Fsp3) is 0.800. The number of ether oxygens (including phenoxy) is 1. The van der Waals surface area contributed by atoms with Crippen molar-refractivity contribution in [2.24, 2.45) is 10.9 Å². The predicted octanol–water partition coefficient (Wildman–Crippen LogP) is 3.08. The van der Waals surface area contributed by atoms with Gasteiger partial charge in [-0.3, -0.25) is 4.99 Å². The molecule has 6 heteroatoms. The molecule has 1 aliphatic carbocycles. The summed E-state index contributed by atoms with van der Waals surface area (Å²) in [6.07, 6.45) is 15.1. The van der Waals surface area contributed by atoms with Crippen LogP contribution in [0.3, 0.4) is 0 Å². The fourth-order valence-electron chi connectivity index (χ4n) is 4.18. The molecule has 1 N–H and O–H groups in total. The van der Waals surface area contributed by atoms with Crippen molar-refractivity contribution < 1.29 is 4.74 Å². The lowest BCUT2D eigenvalue weighted by atomic mass is 9.93. The van der Waals surface area contributed by atoms with Crippen LogP contribution in [0.4, 0.5) is 0 Å². The molecule has 6 nitrogen and oxygen atoms in total. The summed E-state index contributed by atoms with van der Waals surface area (Å²) in [6, 6.07) is 0.458. The summed E-state index contributed by atoms with van der Waals surface area (Å²) in [4.78, 5) is 11.1. The molecule has 0 radical (unpaired) electrons. The Morgan fingerprint density at radius 2 is 2.12 bits per heavy atom. The fourth-order valence-corrected chi connectivity index (χ4v) is 4.18. The Balaban J connectivity index is 1.40. The maximum Gasteiger partial charge on any atom is 0.193 e. The number of guanidine groups is 1. The van der Waals surface area contributed by atoms with Gasteiger partial charge in [-0.1, -0.05) is 26.2 Å². The van der Waals surface area contributed by atoms with Crippen molar-refractivity contribution in [3.05, 3.63) is 18.7 Å². The van der Waals surface area contributed by atoms with E-state index in [1.807, 2.05) is 19.6 Å². The lowest BCUT2D eigenvalue weighted by Crippen LogP contribution is -2.49. The van der Waals surface area contributed by atoms with Crippen LogP contribution in [0.2, 0.25) is 0 Å². The van der Waals surface area contributed by atoms with Gasteiger partial charge in [0.25, 0.3) is 0 Å². The smallest absolute Gasteiger partial charge is 0.193 e. The highest BCUT2D eigenvalue weighted by molar-refractivity contribution is 5.80. The molecule has 2 heterocycles. The molecule has 1 saturated carbocycles. The first-order valence-electron chi connectivity index (χ1n) is 10.3. The number of aliphatic imine (C=N–C) groups is 1. The van der Waals surface area contributed by atoms with Gasteiger partial charge < -0.3 is 19.5 Å². The molecular formula is C20H35N5O. The van der Waals surface area contributed by atoms with Gasteiger partial charge in [-0.25, -0.2) is 4.98 Å². The second-order valence-corrected chi connectivity index (χ2v) is 7.75. The van der Waals surface area contributed by atoms with Crippen LogP contribution >= 0.6 is 0 Å². The van der Waals surface area contributed by atoms with Gasteiger partial charge in [0, 0.05) is 45.7 Å². The van der Waals surface area contributed by atoms with E-state index in [9.17, 15) is 0 Å². The zero-order valence-corrected chi connectivity index (χ0v) is 16.4. The molecule has 1 aromatic rings. The number of rotatable bonds is 6. The molecule has 1 aromatic heterocycles. The molecule has 1 aliphatic heterocycles. The van der Waals surface area contributed by atoms with E-state index >= 15 is 0 Å². The Bertz CT molecular complexity index is 538. The van der Waals surface area contributed by atoms with E-state index in [2.05, 4.69) is 37.9 Å². The van der Waals surface area contributed by atoms with Crippen LogP contribution in [0.15, 0.2) is 23.7 Å². The molecule has 0 spiro atoms. The zero-order valence-electron chi connectivity index (χ0n) is 16.4. The van der Waals surface area contributed by atoms with Gasteiger partial charge in [0.05, 0.1) is 18.5 Å². The van der Waals surface area contributed by atoms with E-state index in [1.165, 1.54) is 38.5 Å². The highest BCUT2D eigenvalue weighted by Gasteiger charge is 2.28. The van der Waals surface area contributed by atoms with Crippen molar-refractivity contribution in [1.82, 2.24) is 19.8 Å². The number of imidazole rings is 1. The number of nitrogens with one attached hydrogen (secondary N) is 1. The maximum atomic E-state index is 6.02. The SMILES string of the molecule is CN=C(NCCCOC1CCCCC1)N1CCC(C)C(n2ccnc2)C1. The standard InChI is InChI=1S/C20H35N5O/c1-17-9-12-24(15-19(17)25-13-11-22-16-25)20(21-2)23-10-6-14-26-18-7-4-3-5-8-18/h11,13,16-19H,3-10,12,14-15H2,1-2H3,(H,21,23). The van der Waals surface area contributed by atoms with Crippen molar-refractivity contribution in [3.8, 4) is 0 Å². The van der Waals surface area contributed by atoms with Gasteiger partial charge >= 0.3 is 0 Å². The number of hydrogen-bond donors (Lipinski definition) is 1. The van der Waals surface area contributed by atoms with E-state index in [-0.39, 0.29) is 0 Å². The summed E-state index contributed by atoms with van der Waals surface area (Å²) < 4.78 is 8.26. The average molecular weight is 362 g/mol. The second kappa shape index (κ2) is 9.95. The van der Waals surface area contributed by atoms with Gasteiger partial charge in [-0.05, 0) is 31.6 Å². The summed E-state index contributed by atoms with van der Waals surface area (Å²) in [5, 5.41) is 3.53. The van der Waals surface area contributed by atoms with Crippen LogP contribution in [-0.4, -0.2) is 59.8 Å². The summed E-state index contributed by atoms with van der Waals surface area (Å²) in [5.41, 5.74) is 0. The number of nitrogens with zero attached hydrogens (tertiary/aromatic N) is 4. The molecule has 1 saturated heterocycles. The third-order valence-corrected chi connectivity index (χ3v) is 5.85. The topological polar surface area (TPSA) is 54.7 Å². The molecule has 0 aromatic carbocycles. The van der Waals surface area contributed by atoms with Crippen LogP contribution in [-0.2, 0) is 4.74 Å². The van der Waals surface area contributed by atoms with Crippen molar-refractivity contribution in [1.29, 1.82) is 0 Å². The third-order valence-electron chi connectivity index (χ3n) is 5.85. The number of aromatic nitrogens is 2. The van der Waals surface area contributed by atoms with Gasteiger partial charge in [0.15, 0.2) is 5.96 Å². The Hall–Kier alpha value is -1.56. The quantitative estimate of drug-likeness (QED) is 0.481. The minimum absolute atomic E-state index is 0.458. The molecule has 0 amide bonds. The summed E-state index contributed by atoms with van der Waals surface area (Å²) in [6.45, 7) is 6.14. The lowest BCUT2D eigenvalue weighted by molar-refractivity contribution is 0.0276. The highest BCUT2D eigenvalue weighted by Crippen LogP contribution is 2.27. The minimum Gasteiger partial charge on any atom is -0.378 e. The Morgan fingerprint density at radius 3 is 2.85 bits per heavy atom. The van der Waals surface area contributed by atoms with Crippen molar-refractivity contribution >= 4 is 5.96 Å². The first-order valence-corrected chi connectivity index (χ1v) is 10.3. The van der Waals surface area contributed by atoms with Crippen LogP contribution in [0.5, 0.6) is 0 Å². The second-order valence-electron chi connectivity index (χ2n) is 7.75. The Kier molecular flexibility index (Phi) is 7.35. The molecule has 146 valence electrons. The van der Waals surface area contributed by atoms with E-state index in [1.54, 1.807) is 0 Å². The van der Waals surface area contributed by atoms with Crippen LogP contribution in [0, 0.1) is 5.92 Å². The van der Waals surface area contributed by atoms with E-state index in [4.69, 9.17) is 4.74 Å². The Labute approximate surface area is 158 Å². The summed E-state index contributed by atoms with van der Waals surface area (Å²) in [5.74, 6) is 1.67. The van der Waals surface area contributed by atoms with Crippen molar-refractivity contribution in [2.45, 2.75) is 64.0 Å². The van der Waals surface area contributed by atoms with Gasteiger partial charge in [0.2, 0.25) is 0 Å². The molecular weight excluding hydrogens is 326 g/mol. The Morgan fingerprint density at radius 1 is 1.27 bits per heavy atom. The largest absolute Gasteiger partial charge is 0.378 e. The first kappa shape index (κ1) is 19.2. The summed E-state index contributed by atoms with van der Waals surface area (Å²) in [7, 11) is 1.88. The summed E-state index contributed by atoms with van der Waals surface area (Å²) >= 11 is 0. The van der Waals surface area contributed by atoms with Crippen molar-refractivity contribution in [2.75, 3.05) is 33.3 Å². The van der Waals surface area contributed by atoms with E-state index < -0.39 is 0 Å². The van der Waals surface area contributed by atoms with E-state index in [0.717, 1.165) is 38.6 Å². The number of hydrogen-bond acceptors (Lipinski definition) is 3. The lowest BCUT2D eigenvalue weighted by Gasteiger charge is -2.39. The maximum absolute atomic E-state index is 6.02. The molecule has 2 unspecified atom stereocenters. The predicted molar refractivity (Wildman–Crippen MR) is 105 cm³/mol. The van der Waals surface area contributed by atoms with Gasteiger partial charge in [-0.2, -0.15) is 0 Å². The molecule has 2 aliphatic rings. The average Bonchev–Trinajstić information content (AvgIpc) is 3.21. The first-order chi connectivity index (χ1) is 12.8. The van der Waals surface area contributed by atoms with Gasteiger partial charge in [-0.15, -0.1) is 0 Å². The number of piperidine rings is 1. The van der Waals surface area contributed by atoms with Crippen LogP contribution < -0.4 is 5.32 Å². The van der Waals surface area contributed by atoms with Crippen LogP contribution in [0.25, 0.3) is 0 Å². The van der Waals surface area contributed by atoms with Crippen molar-refractivity contribution in [3.63, 3.8) is 0 Å². The highest BCUT2D eigenvalue weighted by atomic mass is 16.5. The zero-order chi connectivity index (χ0) is 18.2. The van der Waals surface area contributed by atoms with E-state index in [0.29, 0.717) is 18.1 Å². The third kappa shape index (κ3) is 5.22. The molecule has 3 rings (SSSR count). The molecule has 26 heavy (non-hydrogen) atoms. The normalized spacial score (nSPS) is 25.5. The molecule has 0 bridgehead atoms. The van der Waals surface area contributed by atoms with Gasteiger partial charge in [0.1, 0.15) is 0 Å². The van der Waals surface area contributed by atoms with Crippen LogP contribution in [0.1, 0.15) is 57.9 Å². The molecule has 2 atom stereocenters. The number of likely N-dealkylation sites (tertiary alicyclic amines) is 1. The minimum atomic E-state index is 0.458.